The topological polar surface area (TPSA) is 24.5 Å². The summed E-state index contributed by atoms with van der Waals surface area (Å²) >= 11 is 0. The van der Waals surface area contributed by atoms with Crippen LogP contribution in [0.25, 0.3) is 0 Å². The highest BCUT2D eigenvalue weighted by Gasteiger charge is 2.14. The van der Waals surface area contributed by atoms with Gasteiger partial charge in [0, 0.05) is 32.8 Å². The quantitative estimate of drug-likeness (QED) is 0.744. The van der Waals surface area contributed by atoms with Crippen LogP contribution in [0.15, 0.2) is 30.3 Å². The number of nitrogens with one attached hydrogen (secondary N) is 1. The van der Waals surface area contributed by atoms with Gasteiger partial charge in [0.25, 0.3) is 0 Å². The molecule has 3 heteroatoms. The highest BCUT2D eigenvalue weighted by Crippen LogP contribution is 2.10. The molecule has 1 heterocycles. The van der Waals surface area contributed by atoms with Crippen LogP contribution >= 0.6 is 0 Å². The third-order valence-corrected chi connectivity index (χ3v) is 3.42. The molecule has 1 aliphatic rings. The molecule has 0 radical (unpaired) electrons. The van der Waals surface area contributed by atoms with E-state index in [4.69, 9.17) is 4.74 Å². The molecule has 3 nitrogen and oxygen atoms in total. The summed E-state index contributed by atoms with van der Waals surface area (Å²) in [6, 6.07) is 10.6. The van der Waals surface area contributed by atoms with Crippen LogP contribution in [-0.2, 0) is 11.3 Å². The molecule has 0 bridgehead atoms. The molecule has 2 rings (SSSR count). The van der Waals surface area contributed by atoms with E-state index in [1.807, 2.05) is 0 Å². The molecule has 18 heavy (non-hydrogen) atoms. The van der Waals surface area contributed by atoms with Crippen molar-refractivity contribution >= 4 is 0 Å². The van der Waals surface area contributed by atoms with Gasteiger partial charge >= 0.3 is 0 Å². The smallest absolute Gasteiger partial charge is 0.0507 e. The lowest BCUT2D eigenvalue weighted by Gasteiger charge is -2.17. The van der Waals surface area contributed by atoms with Gasteiger partial charge in [-0.2, -0.15) is 0 Å². The molecule has 1 N–H and O–H groups in total. The number of hydrogen-bond donors (Lipinski definition) is 1. The lowest BCUT2D eigenvalue weighted by Crippen LogP contribution is -2.32. The van der Waals surface area contributed by atoms with Crippen molar-refractivity contribution in [2.45, 2.75) is 13.0 Å². The van der Waals surface area contributed by atoms with Gasteiger partial charge in [0.2, 0.25) is 0 Å². The summed E-state index contributed by atoms with van der Waals surface area (Å²) < 4.78 is 5.36. The summed E-state index contributed by atoms with van der Waals surface area (Å²) in [6.45, 7) is 6.14. The largest absolute Gasteiger partial charge is 0.381 e. The van der Waals surface area contributed by atoms with Crippen molar-refractivity contribution in [2.75, 3.05) is 39.9 Å². The van der Waals surface area contributed by atoms with E-state index in [2.05, 4.69) is 47.6 Å². The normalized spacial score (nSPS) is 19.6. The molecule has 0 amide bonds. The summed E-state index contributed by atoms with van der Waals surface area (Å²) in [7, 11) is 2.17. The first-order valence-electron chi connectivity index (χ1n) is 6.85. The third kappa shape index (κ3) is 4.77. The minimum absolute atomic E-state index is 0.726. The van der Waals surface area contributed by atoms with Crippen LogP contribution in [0.4, 0.5) is 0 Å². The van der Waals surface area contributed by atoms with E-state index in [1.54, 1.807) is 0 Å². The molecule has 1 unspecified atom stereocenters. The first-order valence-corrected chi connectivity index (χ1v) is 6.85. The molecule has 1 atom stereocenters. The summed E-state index contributed by atoms with van der Waals surface area (Å²) in [5.41, 5.74) is 1.38. The molecule has 0 spiro atoms. The Hall–Kier alpha value is -0.900. The maximum Gasteiger partial charge on any atom is 0.0507 e. The maximum absolute atomic E-state index is 5.36. The van der Waals surface area contributed by atoms with Crippen molar-refractivity contribution in [3.8, 4) is 0 Å². The van der Waals surface area contributed by atoms with Gasteiger partial charge in [-0.05, 0) is 24.9 Å². The van der Waals surface area contributed by atoms with E-state index in [9.17, 15) is 0 Å². The average Bonchev–Trinajstić information content (AvgIpc) is 2.89. The number of benzene rings is 1. The minimum atomic E-state index is 0.726. The van der Waals surface area contributed by atoms with Crippen molar-refractivity contribution < 1.29 is 4.74 Å². The van der Waals surface area contributed by atoms with Gasteiger partial charge < -0.3 is 15.0 Å². The van der Waals surface area contributed by atoms with Crippen molar-refractivity contribution in [3.05, 3.63) is 35.9 Å². The first kappa shape index (κ1) is 13.5. The summed E-state index contributed by atoms with van der Waals surface area (Å²) in [6.07, 6.45) is 1.22. The molecule has 1 saturated heterocycles. The first-order chi connectivity index (χ1) is 8.84. The Balaban J connectivity index is 1.55. The third-order valence-electron chi connectivity index (χ3n) is 3.42. The Kier molecular flexibility index (Phi) is 5.65. The molecule has 1 fully saturated rings. The van der Waals surface area contributed by atoms with Gasteiger partial charge in [-0.1, -0.05) is 30.3 Å². The van der Waals surface area contributed by atoms with Gasteiger partial charge in [0.05, 0.1) is 6.61 Å². The lowest BCUT2D eigenvalue weighted by molar-refractivity contribution is 0.185. The zero-order valence-corrected chi connectivity index (χ0v) is 11.3. The van der Waals surface area contributed by atoms with Crippen molar-refractivity contribution in [3.63, 3.8) is 0 Å². The van der Waals surface area contributed by atoms with E-state index >= 15 is 0 Å². The van der Waals surface area contributed by atoms with Crippen LogP contribution in [0.5, 0.6) is 0 Å². The molecular weight excluding hydrogens is 224 g/mol. The number of hydrogen-bond acceptors (Lipinski definition) is 3. The van der Waals surface area contributed by atoms with Crippen LogP contribution < -0.4 is 5.32 Å². The van der Waals surface area contributed by atoms with Gasteiger partial charge in [0.1, 0.15) is 0 Å². The Labute approximate surface area is 110 Å². The molecule has 1 aliphatic heterocycles. The van der Waals surface area contributed by atoms with Crippen molar-refractivity contribution in [2.24, 2.45) is 5.92 Å². The molecular formula is C15H24N2O. The monoisotopic (exact) mass is 248 g/mol. The number of rotatable bonds is 7. The Bertz CT molecular complexity index is 323. The highest BCUT2D eigenvalue weighted by molar-refractivity contribution is 5.14. The predicted molar refractivity (Wildman–Crippen MR) is 74.6 cm³/mol. The van der Waals surface area contributed by atoms with Crippen molar-refractivity contribution in [1.29, 1.82) is 0 Å². The summed E-state index contributed by atoms with van der Waals surface area (Å²) in [4.78, 5) is 2.35. The van der Waals surface area contributed by atoms with Crippen LogP contribution in [0.1, 0.15) is 12.0 Å². The Morgan fingerprint density at radius 3 is 2.89 bits per heavy atom. The van der Waals surface area contributed by atoms with Crippen LogP contribution in [0.3, 0.4) is 0 Å². The minimum Gasteiger partial charge on any atom is -0.381 e. The summed E-state index contributed by atoms with van der Waals surface area (Å²) in [5.74, 6) is 0.726. The second-order valence-electron chi connectivity index (χ2n) is 5.16. The predicted octanol–water partition coefficient (Wildman–Crippen LogP) is 1.74. The maximum atomic E-state index is 5.36. The number of nitrogens with zero attached hydrogens (tertiary/aromatic N) is 1. The molecule has 0 aromatic heterocycles. The van der Waals surface area contributed by atoms with Gasteiger partial charge in [0.15, 0.2) is 0 Å². The fourth-order valence-electron chi connectivity index (χ4n) is 2.29. The number of ether oxygens (including phenoxy) is 1. The van der Waals surface area contributed by atoms with Crippen LogP contribution in [0.2, 0.25) is 0 Å². The second kappa shape index (κ2) is 7.52. The van der Waals surface area contributed by atoms with E-state index in [0.29, 0.717) is 0 Å². The molecule has 1 aromatic rings. The van der Waals surface area contributed by atoms with E-state index in [1.165, 1.54) is 12.0 Å². The van der Waals surface area contributed by atoms with Gasteiger partial charge in [-0.3, -0.25) is 0 Å². The summed E-state index contributed by atoms with van der Waals surface area (Å²) in [5, 5.41) is 3.52. The van der Waals surface area contributed by atoms with Gasteiger partial charge in [-0.15, -0.1) is 0 Å². The standard InChI is InChI=1S/C15H24N2O/c1-17(12-14-5-3-2-4-6-14)9-8-16-11-15-7-10-18-13-15/h2-6,15-16H,7-13H2,1H3. The SMILES string of the molecule is CN(CCNCC1CCOC1)Cc1ccccc1. The Morgan fingerprint density at radius 1 is 1.33 bits per heavy atom. The van der Waals surface area contributed by atoms with E-state index in [-0.39, 0.29) is 0 Å². The fourth-order valence-corrected chi connectivity index (χ4v) is 2.29. The van der Waals surface area contributed by atoms with E-state index in [0.717, 1.165) is 45.3 Å². The van der Waals surface area contributed by atoms with Crippen LogP contribution in [0, 0.1) is 5.92 Å². The van der Waals surface area contributed by atoms with Crippen molar-refractivity contribution in [1.82, 2.24) is 10.2 Å². The Morgan fingerprint density at radius 2 is 2.17 bits per heavy atom. The van der Waals surface area contributed by atoms with E-state index < -0.39 is 0 Å². The molecule has 100 valence electrons. The zero-order chi connectivity index (χ0) is 12.6. The van der Waals surface area contributed by atoms with Gasteiger partial charge in [-0.25, -0.2) is 0 Å². The fraction of sp³-hybridized carbons (Fsp3) is 0.600. The molecule has 0 saturated carbocycles. The highest BCUT2D eigenvalue weighted by atomic mass is 16.5. The number of likely N-dealkylation sites (N-methyl/N-ethyl adjacent to an activating group) is 1. The lowest BCUT2D eigenvalue weighted by atomic mass is 10.1. The molecule has 0 aliphatic carbocycles. The second-order valence-corrected chi connectivity index (χ2v) is 5.16. The van der Waals surface area contributed by atoms with Crippen LogP contribution in [-0.4, -0.2) is 44.8 Å². The average molecular weight is 248 g/mol. The zero-order valence-electron chi connectivity index (χ0n) is 11.3. The molecule has 1 aromatic carbocycles.